The molecule has 1 N–H and O–H groups in total. The van der Waals surface area contributed by atoms with Crippen LogP contribution in [0.1, 0.15) is 40.0 Å². The molecule has 1 aliphatic rings. The van der Waals surface area contributed by atoms with Crippen LogP contribution in [0.15, 0.2) is 6.33 Å². The Kier molecular flexibility index (Phi) is 4.35. The number of methoxy groups -OCH3 is 1. The second kappa shape index (κ2) is 5.85. The number of nitrogens with one attached hydrogen (secondary N) is 1. The van der Waals surface area contributed by atoms with Crippen LogP contribution in [0.2, 0.25) is 0 Å². The molecular formula is C15H25N3O2. The molecule has 1 heterocycles. The lowest BCUT2D eigenvalue weighted by Gasteiger charge is -2.38. The molecule has 0 spiro atoms. The molecule has 5 heteroatoms. The summed E-state index contributed by atoms with van der Waals surface area (Å²) in [5, 5.41) is 2.99. The first-order valence-electron chi connectivity index (χ1n) is 7.18. The van der Waals surface area contributed by atoms with E-state index >= 15 is 0 Å². The van der Waals surface area contributed by atoms with Crippen LogP contribution in [0.25, 0.3) is 0 Å². The van der Waals surface area contributed by atoms with Crippen LogP contribution >= 0.6 is 0 Å². The van der Waals surface area contributed by atoms with Crippen LogP contribution in [-0.2, 0) is 0 Å². The van der Waals surface area contributed by atoms with Crippen molar-refractivity contribution in [1.82, 2.24) is 9.97 Å². The largest absolute Gasteiger partial charge is 0.489 e. The predicted molar refractivity (Wildman–Crippen MR) is 79.3 cm³/mol. The highest BCUT2D eigenvalue weighted by Crippen LogP contribution is 2.41. The monoisotopic (exact) mass is 279 g/mol. The van der Waals surface area contributed by atoms with E-state index in [9.17, 15) is 0 Å². The second-order valence-electron chi connectivity index (χ2n) is 6.46. The molecule has 1 aliphatic carbocycles. The molecule has 0 radical (unpaired) electrons. The molecule has 0 saturated heterocycles. The molecule has 1 fully saturated rings. The van der Waals surface area contributed by atoms with Crippen molar-refractivity contribution in [3.63, 3.8) is 0 Å². The summed E-state index contributed by atoms with van der Waals surface area (Å²) < 4.78 is 11.5. The van der Waals surface area contributed by atoms with Gasteiger partial charge in [0, 0.05) is 7.05 Å². The SMILES string of the molecule is CNc1ncnc(OC2CC(C)CC(C)(C)C2)c1OC. The van der Waals surface area contributed by atoms with Gasteiger partial charge >= 0.3 is 0 Å². The number of rotatable bonds is 4. The molecule has 0 aromatic carbocycles. The van der Waals surface area contributed by atoms with E-state index in [4.69, 9.17) is 9.47 Å². The zero-order valence-corrected chi connectivity index (χ0v) is 13.1. The first kappa shape index (κ1) is 14.9. The zero-order valence-electron chi connectivity index (χ0n) is 13.1. The minimum Gasteiger partial charge on any atom is -0.489 e. The molecule has 1 aromatic heterocycles. The van der Waals surface area contributed by atoms with Gasteiger partial charge in [-0.3, -0.25) is 0 Å². The Morgan fingerprint density at radius 1 is 1.30 bits per heavy atom. The Morgan fingerprint density at radius 2 is 2.05 bits per heavy atom. The summed E-state index contributed by atoms with van der Waals surface area (Å²) in [5.74, 6) is 2.42. The van der Waals surface area contributed by atoms with Crippen LogP contribution in [0, 0.1) is 11.3 Å². The van der Waals surface area contributed by atoms with Gasteiger partial charge in [-0.1, -0.05) is 20.8 Å². The van der Waals surface area contributed by atoms with E-state index in [0.717, 1.165) is 12.8 Å². The summed E-state index contributed by atoms with van der Waals surface area (Å²) in [6, 6.07) is 0. The number of hydrogen-bond acceptors (Lipinski definition) is 5. The second-order valence-corrected chi connectivity index (χ2v) is 6.46. The summed E-state index contributed by atoms with van der Waals surface area (Å²) in [7, 11) is 3.42. The Morgan fingerprint density at radius 3 is 2.65 bits per heavy atom. The molecule has 2 atom stereocenters. The maximum atomic E-state index is 6.11. The lowest BCUT2D eigenvalue weighted by molar-refractivity contribution is 0.0512. The molecule has 0 bridgehead atoms. The van der Waals surface area contributed by atoms with E-state index < -0.39 is 0 Å². The van der Waals surface area contributed by atoms with Crippen molar-refractivity contribution in [3.8, 4) is 11.6 Å². The lowest BCUT2D eigenvalue weighted by Crippen LogP contribution is -2.34. The van der Waals surface area contributed by atoms with Crippen LogP contribution in [0.3, 0.4) is 0 Å². The van der Waals surface area contributed by atoms with E-state index in [1.807, 2.05) is 0 Å². The number of nitrogens with zero attached hydrogens (tertiary/aromatic N) is 2. The van der Waals surface area contributed by atoms with E-state index in [2.05, 4.69) is 36.1 Å². The summed E-state index contributed by atoms with van der Waals surface area (Å²) in [5.41, 5.74) is 0.314. The minimum atomic E-state index is 0.183. The van der Waals surface area contributed by atoms with Gasteiger partial charge < -0.3 is 14.8 Å². The highest BCUT2D eigenvalue weighted by molar-refractivity contribution is 5.54. The van der Waals surface area contributed by atoms with Crippen molar-refractivity contribution in [2.75, 3.05) is 19.5 Å². The minimum absolute atomic E-state index is 0.183. The third-order valence-corrected chi connectivity index (χ3v) is 3.84. The fourth-order valence-electron chi connectivity index (χ4n) is 3.31. The molecule has 1 saturated carbocycles. The van der Waals surface area contributed by atoms with Gasteiger partial charge in [0.15, 0.2) is 5.82 Å². The van der Waals surface area contributed by atoms with Gasteiger partial charge in [-0.2, -0.15) is 4.98 Å². The number of aromatic nitrogens is 2. The Hall–Kier alpha value is -1.52. The van der Waals surface area contributed by atoms with E-state index in [1.165, 1.54) is 12.7 Å². The summed E-state index contributed by atoms with van der Waals surface area (Å²) in [4.78, 5) is 8.36. The molecule has 20 heavy (non-hydrogen) atoms. The fourth-order valence-corrected chi connectivity index (χ4v) is 3.31. The Balaban J connectivity index is 2.17. The molecule has 0 amide bonds. The smallest absolute Gasteiger partial charge is 0.262 e. The molecular weight excluding hydrogens is 254 g/mol. The maximum Gasteiger partial charge on any atom is 0.262 e. The number of anilines is 1. The van der Waals surface area contributed by atoms with Gasteiger partial charge in [0.1, 0.15) is 12.4 Å². The van der Waals surface area contributed by atoms with Crippen molar-refractivity contribution >= 4 is 5.82 Å². The van der Waals surface area contributed by atoms with Crippen molar-refractivity contribution in [3.05, 3.63) is 6.33 Å². The first-order chi connectivity index (χ1) is 9.45. The molecule has 5 nitrogen and oxygen atoms in total. The van der Waals surface area contributed by atoms with Crippen LogP contribution < -0.4 is 14.8 Å². The van der Waals surface area contributed by atoms with Gasteiger partial charge in [0.2, 0.25) is 5.75 Å². The average molecular weight is 279 g/mol. The van der Waals surface area contributed by atoms with E-state index in [-0.39, 0.29) is 6.10 Å². The fraction of sp³-hybridized carbons (Fsp3) is 0.733. The molecule has 0 aliphatic heterocycles. The van der Waals surface area contributed by atoms with Crippen LogP contribution in [0.4, 0.5) is 5.82 Å². The lowest BCUT2D eigenvalue weighted by atomic mass is 9.71. The standard InChI is InChI=1S/C15H25N3O2/c1-10-6-11(8-15(2,3)7-10)20-14-12(19-5)13(16-4)17-9-18-14/h9-11H,6-8H2,1-5H3,(H,16,17,18). The Bertz CT molecular complexity index is 462. The van der Waals surface area contributed by atoms with Gasteiger partial charge in [-0.15, -0.1) is 0 Å². The van der Waals surface area contributed by atoms with Crippen molar-refractivity contribution < 1.29 is 9.47 Å². The first-order valence-corrected chi connectivity index (χ1v) is 7.18. The zero-order chi connectivity index (χ0) is 14.8. The van der Waals surface area contributed by atoms with E-state index in [1.54, 1.807) is 14.2 Å². The van der Waals surface area contributed by atoms with Gasteiger partial charge in [0.05, 0.1) is 7.11 Å². The number of hydrogen-bond donors (Lipinski definition) is 1. The molecule has 1 aromatic rings. The number of ether oxygens (including phenoxy) is 2. The normalized spacial score (nSPS) is 25.1. The highest BCUT2D eigenvalue weighted by Gasteiger charge is 2.34. The van der Waals surface area contributed by atoms with Gasteiger partial charge in [0.25, 0.3) is 5.88 Å². The topological polar surface area (TPSA) is 56.3 Å². The summed E-state index contributed by atoms with van der Waals surface area (Å²) in [6.07, 6.45) is 5.03. The van der Waals surface area contributed by atoms with Gasteiger partial charge in [-0.25, -0.2) is 4.98 Å². The highest BCUT2D eigenvalue weighted by atomic mass is 16.5. The van der Waals surface area contributed by atoms with Crippen LogP contribution in [-0.4, -0.2) is 30.2 Å². The van der Waals surface area contributed by atoms with Crippen molar-refractivity contribution in [2.45, 2.75) is 46.1 Å². The average Bonchev–Trinajstić information content (AvgIpc) is 2.35. The third-order valence-electron chi connectivity index (χ3n) is 3.84. The summed E-state index contributed by atoms with van der Waals surface area (Å²) in [6.45, 7) is 6.89. The van der Waals surface area contributed by atoms with Crippen molar-refractivity contribution in [2.24, 2.45) is 11.3 Å². The third kappa shape index (κ3) is 3.32. The molecule has 2 rings (SSSR count). The van der Waals surface area contributed by atoms with Gasteiger partial charge in [-0.05, 0) is 30.6 Å². The van der Waals surface area contributed by atoms with Crippen LogP contribution in [0.5, 0.6) is 11.6 Å². The van der Waals surface area contributed by atoms with E-state index in [0.29, 0.717) is 28.8 Å². The molecule has 2 unspecified atom stereocenters. The van der Waals surface area contributed by atoms with Crippen molar-refractivity contribution in [1.29, 1.82) is 0 Å². The predicted octanol–water partition coefficient (Wildman–Crippen LogP) is 3.12. The molecule has 112 valence electrons. The quantitative estimate of drug-likeness (QED) is 0.917. The Labute approximate surface area is 121 Å². The summed E-state index contributed by atoms with van der Waals surface area (Å²) >= 11 is 0. The maximum absolute atomic E-state index is 6.11.